The normalized spacial score (nSPS) is 15.1. The first-order valence-electron chi connectivity index (χ1n) is 7.43. The SMILES string of the molecule is O=C(c1cnn2cccnc12)N1CCN(c2cccnn2)CC1. The third-order valence-corrected chi connectivity index (χ3v) is 3.96. The van der Waals surface area contributed by atoms with Crippen molar-refractivity contribution in [3.63, 3.8) is 0 Å². The molecule has 1 amide bonds. The minimum absolute atomic E-state index is 0.0301. The Bertz CT molecular complexity index is 824. The maximum absolute atomic E-state index is 12.7. The summed E-state index contributed by atoms with van der Waals surface area (Å²) < 4.78 is 1.61. The quantitative estimate of drug-likeness (QED) is 0.685. The van der Waals surface area contributed by atoms with Crippen LogP contribution in [0.1, 0.15) is 10.4 Å². The Morgan fingerprint density at radius 2 is 1.96 bits per heavy atom. The zero-order valence-electron chi connectivity index (χ0n) is 12.4. The molecule has 0 radical (unpaired) electrons. The van der Waals surface area contributed by atoms with Crippen LogP contribution in [0, 0.1) is 0 Å². The highest BCUT2D eigenvalue weighted by Gasteiger charge is 2.25. The van der Waals surface area contributed by atoms with Gasteiger partial charge in [-0.1, -0.05) is 0 Å². The second-order valence-electron chi connectivity index (χ2n) is 5.31. The molecule has 4 heterocycles. The van der Waals surface area contributed by atoms with E-state index in [9.17, 15) is 4.79 Å². The van der Waals surface area contributed by atoms with Crippen LogP contribution in [0.3, 0.4) is 0 Å². The molecule has 3 aromatic rings. The number of piperazine rings is 1. The standard InChI is InChI=1S/C15H15N7O/c23-15(12-11-18-22-6-2-4-16-14(12)22)21-9-7-20(8-10-21)13-3-1-5-17-19-13/h1-6,11H,7-10H2. The molecule has 116 valence electrons. The fraction of sp³-hybridized carbons (Fsp3) is 0.267. The highest BCUT2D eigenvalue weighted by molar-refractivity contribution is 5.99. The Hall–Kier alpha value is -3.03. The molecule has 23 heavy (non-hydrogen) atoms. The molecule has 0 unspecified atom stereocenters. The molecule has 0 bridgehead atoms. The summed E-state index contributed by atoms with van der Waals surface area (Å²) in [5, 5.41) is 12.2. The molecule has 1 aliphatic rings. The maximum atomic E-state index is 12.7. The number of hydrogen-bond acceptors (Lipinski definition) is 6. The molecule has 0 saturated carbocycles. The van der Waals surface area contributed by atoms with Crippen molar-refractivity contribution in [2.45, 2.75) is 0 Å². The molecule has 8 nitrogen and oxygen atoms in total. The van der Waals surface area contributed by atoms with Gasteiger partial charge in [0.1, 0.15) is 5.56 Å². The van der Waals surface area contributed by atoms with Crippen molar-refractivity contribution >= 4 is 17.4 Å². The van der Waals surface area contributed by atoms with E-state index in [1.165, 1.54) is 0 Å². The van der Waals surface area contributed by atoms with Crippen LogP contribution in [0.15, 0.2) is 43.0 Å². The highest BCUT2D eigenvalue weighted by atomic mass is 16.2. The van der Waals surface area contributed by atoms with E-state index in [2.05, 4.69) is 25.2 Å². The van der Waals surface area contributed by atoms with Gasteiger partial charge in [-0.2, -0.15) is 10.2 Å². The second kappa shape index (κ2) is 5.64. The Morgan fingerprint density at radius 1 is 1.09 bits per heavy atom. The van der Waals surface area contributed by atoms with Crippen molar-refractivity contribution < 1.29 is 4.79 Å². The summed E-state index contributed by atoms with van der Waals surface area (Å²) >= 11 is 0. The summed E-state index contributed by atoms with van der Waals surface area (Å²) in [6, 6.07) is 5.58. The Labute approximate surface area is 132 Å². The van der Waals surface area contributed by atoms with Crippen LogP contribution in [-0.4, -0.2) is 61.8 Å². The lowest BCUT2D eigenvalue weighted by atomic mass is 10.2. The Balaban J connectivity index is 1.49. The van der Waals surface area contributed by atoms with Crippen LogP contribution in [0.2, 0.25) is 0 Å². The summed E-state index contributed by atoms with van der Waals surface area (Å²) in [5.74, 6) is 0.815. The summed E-state index contributed by atoms with van der Waals surface area (Å²) in [4.78, 5) is 20.9. The predicted molar refractivity (Wildman–Crippen MR) is 83.1 cm³/mol. The average Bonchev–Trinajstić information content (AvgIpc) is 3.06. The van der Waals surface area contributed by atoms with Crippen LogP contribution in [0.5, 0.6) is 0 Å². The first-order chi connectivity index (χ1) is 11.3. The van der Waals surface area contributed by atoms with Gasteiger partial charge < -0.3 is 9.80 Å². The van der Waals surface area contributed by atoms with E-state index in [4.69, 9.17) is 0 Å². The molecular weight excluding hydrogens is 294 g/mol. The van der Waals surface area contributed by atoms with E-state index in [0.717, 1.165) is 18.9 Å². The number of fused-ring (bicyclic) bond motifs is 1. The Morgan fingerprint density at radius 3 is 2.74 bits per heavy atom. The number of aromatic nitrogens is 5. The molecule has 4 rings (SSSR count). The zero-order chi connectivity index (χ0) is 15.6. The molecule has 0 aromatic carbocycles. The number of carbonyl (C=O) groups is 1. The van der Waals surface area contributed by atoms with Crippen molar-refractivity contribution in [2.75, 3.05) is 31.1 Å². The third kappa shape index (κ3) is 2.48. The minimum atomic E-state index is -0.0301. The first-order valence-corrected chi connectivity index (χ1v) is 7.43. The number of rotatable bonds is 2. The summed E-state index contributed by atoms with van der Waals surface area (Å²) in [5.41, 5.74) is 1.13. The van der Waals surface area contributed by atoms with Crippen molar-refractivity contribution in [3.05, 3.63) is 48.5 Å². The number of nitrogens with zero attached hydrogens (tertiary/aromatic N) is 7. The molecule has 1 fully saturated rings. The van der Waals surface area contributed by atoms with Crippen LogP contribution in [-0.2, 0) is 0 Å². The van der Waals surface area contributed by atoms with Crippen LogP contribution in [0.25, 0.3) is 5.65 Å². The monoisotopic (exact) mass is 309 g/mol. The maximum Gasteiger partial charge on any atom is 0.259 e. The zero-order valence-corrected chi connectivity index (χ0v) is 12.4. The van der Waals surface area contributed by atoms with Gasteiger partial charge in [-0.3, -0.25) is 4.79 Å². The second-order valence-corrected chi connectivity index (χ2v) is 5.31. The van der Waals surface area contributed by atoms with Crippen molar-refractivity contribution in [1.29, 1.82) is 0 Å². The van der Waals surface area contributed by atoms with Crippen molar-refractivity contribution in [3.8, 4) is 0 Å². The third-order valence-electron chi connectivity index (χ3n) is 3.96. The number of anilines is 1. The van der Waals surface area contributed by atoms with Gasteiger partial charge in [-0.05, 0) is 18.2 Å². The van der Waals surface area contributed by atoms with E-state index >= 15 is 0 Å². The van der Waals surface area contributed by atoms with Gasteiger partial charge >= 0.3 is 0 Å². The number of carbonyl (C=O) groups excluding carboxylic acids is 1. The fourth-order valence-electron chi connectivity index (χ4n) is 2.75. The molecule has 3 aromatic heterocycles. The van der Waals surface area contributed by atoms with Gasteiger partial charge in [0, 0.05) is 44.8 Å². The largest absolute Gasteiger partial charge is 0.352 e. The molecule has 1 saturated heterocycles. The number of amides is 1. The van der Waals surface area contributed by atoms with E-state index in [0.29, 0.717) is 24.3 Å². The van der Waals surface area contributed by atoms with E-state index in [1.807, 2.05) is 17.0 Å². The van der Waals surface area contributed by atoms with Gasteiger partial charge in [-0.25, -0.2) is 9.50 Å². The fourth-order valence-corrected chi connectivity index (χ4v) is 2.75. The molecule has 0 atom stereocenters. The van der Waals surface area contributed by atoms with E-state index in [1.54, 1.807) is 35.4 Å². The van der Waals surface area contributed by atoms with Gasteiger partial charge in [0.15, 0.2) is 11.5 Å². The van der Waals surface area contributed by atoms with Crippen LogP contribution >= 0.6 is 0 Å². The predicted octanol–water partition coefficient (Wildman–Crippen LogP) is 0.482. The van der Waals surface area contributed by atoms with Gasteiger partial charge in [0.05, 0.1) is 6.20 Å². The lowest BCUT2D eigenvalue weighted by Gasteiger charge is -2.34. The first kappa shape index (κ1) is 13.6. The summed E-state index contributed by atoms with van der Waals surface area (Å²) in [6.45, 7) is 2.74. The van der Waals surface area contributed by atoms with Gasteiger partial charge in [0.25, 0.3) is 5.91 Å². The molecule has 0 N–H and O–H groups in total. The van der Waals surface area contributed by atoms with Gasteiger partial charge in [-0.15, -0.1) is 5.10 Å². The highest BCUT2D eigenvalue weighted by Crippen LogP contribution is 2.15. The summed E-state index contributed by atoms with van der Waals surface area (Å²) in [6.07, 6.45) is 6.69. The lowest BCUT2D eigenvalue weighted by molar-refractivity contribution is 0.0748. The van der Waals surface area contributed by atoms with Gasteiger partial charge in [0.2, 0.25) is 0 Å². The molecule has 8 heteroatoms. The van der Waals surface area contributed by atoms with Crippen molar-refractivity contribution in [1.82, 2.24) is 29.7 Å². The molecule has 0 aliphatic carbocycles. The number of hydrogen-bond donors (Lipinski definition) is 0. The molecule has 1 aliphatic heterocycles. The molecule has 0 spiro atoms. The summed E-state index contributed by atoms with van der Waals surface area (Å²) in [7, 11) is 0. The molecular formula is C15H15N7O. The smallest absolute Gasteiger partial charge is 0.259 e. The lowest BCUT2D eigenvalue weighted by Crippen LogP contribution is -2.49. The van der Waals surface area contributed by atoms with E-state index in [-0.39, 0.29) is 5.91 Å². The average molecular weight is 309 g/mol. The van der Waals surface area contributed by atoms with Crippen LogP contribution < -0.4 is 4.90 Å². The topological polar surface area (TPSA) is 79.5 Å². The van der Waals surface area contributed by atoms with E-state index < -0.39 is 0 Å². The van der Waals surface area contributed by atoms with Crippen molar-refractivity contribution in [2.24, 2.45) is 0 Å². The minimum Gasteiger partial charge on any atom is -0.352 e. The van der Waals surface area contributed by atoms with Crippen LogP contribution in [0.4, 0.5) is 5.82 Å². The Kier molecular flexibility index (Phi) is 3.34.